The molecule has 3 heteroatoms. The Morgan fingerprint density at radius 3 is 2.37 bits per heavy atom. The smallest absolute Gasteiger partial charge is 0.0992 e. The van der Waals surface area contributed by atoms with Crippen molar-refractivity contribution in [2.75, 3.05) is 6.54 Å². The normalized spacial score (nSPS) is 14.1. The number of benzene rings is 1. The molecule has 3 nitrogen and oxygen atoms in total. The molecule has 0 aliphatic heterocycles. The number of hydrogen-bond acceptors (Lipinski definition) is 3. The molecule has 0 aliphatic rings. The quantitative estimate of drug-likeness (QED) is 0.863. The van der Waals surface area contributed by atoms with E-state index in [9.17, 15) is 5.11 Å². The molecule has 2 rings (SSSR count). The highest BCUT2D eigenvalue weighted by atomic mass is 16.3. The van der Waals surface area contributed by atoms with Gasteiger partial charge in [-0.1, -0.05) is 29.8 Å². The maximum Gasteiger partial charge on any atom is 0.0992 e. The minimum atomic E-state index is -0.860. The van der Waals surface area contributed by atoms with Gasteiger partial charge >= 0.3 is 0 Å². The molecule has 0 fully saturated rings. The summed E-state index contributed by atoms with van der Waals surface area (Å²) in [5.41, 5.74) is 2.43. The fraction of sp³-hybridized carbons (Fsp3) is 0.312. The lowest BCUT2D eigenvalue weighted by molar-refractivity contribution is 0.0566. The van der Waals surface area contributed by atoms with Crippen molar-refractivity contribution in [2.45, 2.75) is 26.0 Å². The molecule has 2 aromatic rings. The lowest BCUT2D eigenvalue weighted by Gasteiger charge is -2.24. The van der Waals surface area contributed by atoms with Gasteiger partial charge in [-0.2, -0.15) is 0 Å². The number of aromatic nitrogens is 1. The van der Waals surface area contributed by atoms with Crippen molar-refractivity contribution in [3.05, 3.63) is 65.5 Å². The molecule has 1 aromatic carbocycles. The molecule has 19 heavy (non-hydrogen) atoms. The first-order valence-electron chi connectivity index (χ1n) is 6.47. The van der Waals surface area contributed by atoms with Crippen LogP contribution in [0.25, 0.3) is 0 Å². The molecule has 0 bridgehead atoms. The molecule has 0 aliphatic carbocycles. The predicted molar refractivity (Wildman–Crippen MR) is 76.7 cm³/mol. The summed E-state index contributed by atoms with van der Waals surface area (Å²) in [5.74, 6) is 0. The Hall–Kier alpha value is -1.71. The Balaban J connectivity index is 1.92. The maximum atomic E-state index is 10.5. The summed E-state index contributed by atoms with van der Waals surface area (Å²) in [7, 11) is 0. The second-order valence-electron chi connectivity index (χ2n) is 5.10. The molecule has 0 saturated heterocycles. The van der Waals surface area contributed by atoms with Crippen molar-refractivity contribution < 1.29 is 5.11 Å². The lowest BCUT2D eigenvalue weighted by Crippen LogP contribution is -2.35. The van der Waals surface area contributed by atoms with Crippen molar-refractivity contribution in [3.8, 4) is 0 Å². The SMILES string of the molecule is Cc1ccc(C(C)(O)CNCc2ccncc2)cc1. The van der Waals surface area contributed by atoms with E-state index in [-0.39, 0.29) is 0 Å². The van der Waals surface area contributed by atoms with Gasteiger partial charge in [0.15, 0.2) is 0 Å². The summed E-state index contributed by atoms with van der Waals surface area (Å²) in [6, 6.07) is 11.9. The molecule has 1 heterocycles. The molecule has 1 unspecified atom stereocenters. The third-order valence-electron chi connectivity index (χ3n) is 3.22. The highest BCUT2D eigenvalue weighted by Gasteiger charge is 2.22. The zero-order chi connectivity index (χ0) is 13.7. The zero-order valence-corrected chi connectivity index (χ0v) is 11.4. The molecular weight excluding hydrogens is 236 g/mol. The fourth-order valence-corrected chi connectivity index (χ4v) is 1.97. The Bertz CT molecular complexity index is 506. The molecule has 1 atom stereocenters. The third-order valence-corrected chi connectivity index (χ3v) is 3.22. The Morgan fingerprint density at radius 2 is 1.74 bits per heavy atom. The van der Waals surface area contributed by atoms with Crippen LogP contribution in [0.15, 0.2) is 48.8 Å². The molecular formula is C16H20N2O. The van der Waals surface area contributed by atoms with E-state index in [4.69, 9.17) is 0 Å². The molecule has 1 aromatic heterocycles. The monoisotopic (exact) mass is 256 g/mol. The van der Waals surface area contributed by atoms with Crippen molar-refractivity contribution in [2.24, 2.45) is 0 Å². The van der Waals surface area contributed by atoms with Gasteiger partial charge in [-0.25, -0.2) is 0 Å². The summed E-state index contributed by atoms with van der Waals surface area (Å²) in [5, 5.41) is 13.8. The van der Waals surface area contributed by atoms with Gasteiger partial charge in [0.2, 0.25) is 0 Å². The van der Waals surface area contributed by atoms with Gasteiger partial charge < -0.3 is 10.4 Å². The molecule has 0 saturated carbocycles. The number of nitrogens with zero attached hydrogens (tertiary/aromatic N) is 1. The largest absolute Gasteiger partial charge is 0.384 e. The van der Waals surface area contributed by atoms with Gasteiger partial charge in [0.05, 0.1) is 5.60 Å². The minimum absolute atomic E-state index is 0.512. The van der Waals surface area contributed by atoms with E-state index in [0.29, 0.717) is 6.54 Å². The first-order valence-corrected chi connectivity index (χ1v) is 6.47. The van der Waals surface area contributed by atoms with Crippen molar-refractivity contribution in [3.63, 3.8) is 0 Å². The van der Waals surface area contributed by atoms with E-state index in [2.05, 4.69) is 10.3 Å². The average molecular weight is 256 g/mol. The molecule has 0 amide bonds. The van der Waals surface area contributed by atoms with Crippen molar-refractivity contribution in [1.29, 1.82) is 0 Å². The topological polar surface area (TPSA) is 45.1 Å². The van der Waals surface area contributed by atoms with Crippen LogP contribution in [0, 0.1) is 6.92 Å². The van der Waals surface area contributed by atoms with Crippen LogP contribution in [0.3, 0.4) is 0 Å². The minimum Gasteiger partial charge on any atom is -0.384 e. The van der Waals surface area contributed by atoms with Gasteiger partial charge in [-0.15, -0.1) is 0 Å². The highest BCUT2D eigenvalue weighted by molar-refractivity contribution is 5.26. The van der Waals surface area contributed by atoms with Gasteiger partial charge in [-0.3, -0.25) is 4.98 Å². The van der Waals surface area contributed by atoms with Crippen LogP contribution in [0.2, 0.25) is 0 Å². The van der Waals surface area contributed by atoms with Gasteiger partial charge in [0.25, 0.3) is 0 Å². The summed E-state index contributed by atoms with van der Waals surface area (Å²) < 4.78 is 0. The molecule has 0 spiro atoms. The van der Waals surface area contributed by atoms with Crippen LogP contribution in [0.5, 0.6) is 0 Å². The standard InChI is InChI=1S/C16H20N2O/c1-13-3-5-15(6-4-13)16(2,19)12-18-11-14-7-9-17-10-8-14/h3-10,18-19H,11-12H2,1-2H3. The first kappa shape index (κ1) is 13.7. The van der Waals surface area contributed by atoms with Crippen LogP contribution < -0.4 is 5.32 Å². The molecule has 0 radical (unpaired) electrons. The van der Waals surface area contributed by atoms with Crippen LogP contribution in [-0.2, 0) is 12.1 Å². The van der Waals surface area contributed by atoms with E-state index >= 15 is 0 Å². The number of pyridine rings is 1. The van der Waals surface area contributed by atoms with Crippen LogP contribution in [0.4, 0.5) is 0 Å². The average Bonchev–Trinajstić information content (AvgIpc) is 2.40. The summed E-state index contributed by atoms with van der Waals surface area (Å²) in [6.45, 7) is 5.11. The van der Waals surface area contributed by atoms with Crippen molar-refractivity contribution in [1.82, 2.24) is 10.3 Å². The number of rotatable bonds is 5. The van der Waals surface area contributed by atoms with E-state index in [1.807, 2.05) is 50.2 Å². The van der Waals surface area contributed by atoms with Crippen LogP contribution in [-0.4, -0.2) is 16.6 Å². The lowest BCUT2D eigenvalue weighted by atomic mass is 9.95. The van der Waals surface area contributed by atoms with Crippen LogP contribution >= 0.6 is 0 Å². The number of nitrogens with one attached hydrogen (secondary N) is 1. The van der Waals surface area contributed by atoms with E-state index < -0.39 is 5.60 Å². The second kappa shape index (κ2) is 5.95. The Kier molecular flexibility index (Phi) is 4.30. The van der Waals surface area contributed by atoms with E-state index in [1.54, 1.807) is 12.4 Å². The second-order valence-corrected chi connectivity index (χ2v) is 5.10. The zero-order valence-electron chi connectivity index (χ0n) is 11.4. The predicted octanol–water partition coefficient (Wildman–Crippen LogP) is 2.39. The van der Waals surface area contributed by atoms with Crippen molar-refractivity contribution >= 4 is 0 Å². The summed E-state index contributed by atoms with van der Waals surface area (Å²) in [6.07, 6.45) is 3.55. The maximum absolute atomic E-state index is 10.5. The summed E-state index contributed by atoms with van der Waals surface area (Å²) >= 11 is 0. The molecule has 100 valence electrons. The van der Waals surface area contributed by atoms with Crippen LogP contribution in [0.1, 0.15) is 23.6 Å². The Morgan fingerprint density at radius 1 is 1.11 bits per heavy atom. The Labute approximate surface area is 114 Å². The number of aryl methyl sites for hydroxylation is 1. The third kappa shape index (κ3) is 3.88. The fourth-order valence-electron chi connectivity index (χ4n) is 1.97. The highest BCUT2D eigenvalue weighted by Crippen LogP contribution is 2.20. The summed E-state index contributed by atoms with van der Waals surface area (Å²) in [4.78, 5) is 3.98. The van der Waals surface area contributed by atoms with Gasteiger partial charge in [-0.05, 0) is 37.1 Å². The number of hydrogen-bond donors (Lipinski definition) is 2. The first-order chi connectivity index (χ1) is 9.08. The molecule has 2 N–H and O–H groups in total. The van der Waals surface area contributed by atoms with Gasteiger partial charge in [0.1, 0.15) is 0 Å². The van der Waals surface area contributed by atoms with E-state index in [0.717, 1.165) is 17.7 Å². The van der Waals surface area contributed by atoms with Gasteiger partial charge in [0, 0.05) is 25.5 Å². The number of aliphatic hydroxyl groups is 1. The van der Waals surface area contributed by atoms with E-state index in [1.165, 1.54) is 5.56 Å².